The SMILES string of the molecule is CC.CC1N(C)c2ccccc2N1C. The van der Waals surface area contributed by atoms with Crippen molar-refractivity contribution in [2.24, 2.45) is 0 Å². The molecule has 0 aromatic heterocycles. The van der Waals surface area contributed by atoms with E-state index in [4.69, 9.17) is 0 Å². The average Bonchev–Trinajstić information content (AvgIpc) is 2.48. The minimum Gasteiger partial charge on any atom is -0.353 e. The number of para-hydroxylation sites is 2. The van der Waals surface area contributed by atoms with Crippen molar-refractivity contribution in [3.63, 3.8) is 0 Å². The van der Waals surface area contributed by atoms with Gasteiger partial charge in [0.25, 0.3) is 0 Å². The topological polar surface area (TPSA) is 6.48 Å². The van der Waals surface area contributed by atoms with Gasteiger partial charge in [0.1, 0.15) is 0 Å². The van der Waals surface area contributed by atoms with Crippen LogP contribution in [0.3, 0.4) is 0 Å². The third kappa shape index (κ3) is 1.57. The van der Waals surface area contributed by atoms with Crippen molar-refractivity contribution in [3.8, 4) is 0 Å². The van der Waals surface area contributed by atoms with Crippen LogP contribution in [-0.2, 0) is 0 Å². The Bertz CT molecular complexity index is 267. The summed E-state index contributed by atoms with van der Waals surface area (Å²) in [6.07, 6.45) is 0.474. The zero-order chi connectivity index (χ0) is 10.7. The van der Waals surface area contributed by atoms with Gasteiger partial charge >= 0.3 is 0 Å². The standard InChI is InChI=1S/C10H14N2.C2H6/c1-8-11(2)9-6-4-5-7-10(9)12(8)3;1-2/h4-8H,1-3H3;1-2H3. The van der Waals surface area contributed by atoms with Gasteiger partial charge in [0.05, 0.1) is 17.5 Å². The summed E-state index contributed by atoms with van der Waals surface area (Å²) in [5, 5.41) is 0. The van der Waals surface area contributed by atoms with Crippen LogP contribution in [0.2, 0.25) is 0 Å². The molecule has 1 aliphatic rings. The fourth-order valence-electron chi connectivity index (χ4n) is 1.72. The predicted octanol–water partition coefficient (Wildman–Crippen LogP) is 2.94. The van der Waals surface area contributed by atoms with Crippen molar-refractivity contribution < 1.29 is 0 Å². The third-order valence-electron chi connectivity index (χ3n) is 2.76. The van der Waals surface area contributed by atoms with Crippen molar-refractivity contribution in [2.45, 2.75) is 26.9 Å². The molecule has 1 aromatic carbocycles. The van der Waals surface area contributed by atoms with Gasteiger partial charge in [-0.05, 0) is 19.1 Å². The van der Waals surface area contributed by atoms with Gasteiger partial charge in [-0.2, -0.15) is 0 Å². The maximum absolute atomic E-state index is 2.29. The summed E-state index contributed by atoms with van der Waals surface area (Å²) in [6, 6.07) is 8.49. The average molecular weight is 192 g/mol. The van der Waals surface area contributed by atoms with Gasteiger partial charge in [0.15, 0.2) is 0 Å². The molecule has 78 valence electrons. The summed E-state index contributed by atoms with van der Waals surface area (Å²) in [7, 11) is 4.26. The second-order valence-electron chi connectivity index (χ2n) is 3.34. The summed E-state index contributed by atoms with van der Waals surface area (Å²) < 4.78 is 0. The molecule has 0 spiro atoms. The van der Waals surface area contributed by atoms with Crippen LogP contribution in [0.15, 0.2) is 24.3 Å². The maximum atomic E-state index is 2.29. The Balaban J connectivity index is 0.000000461. The Labute approximate surface area is 87.1 Å². The van der Waals surface area contributed by atoms with E-state index in [1.807, 2.05) is 13.8 Å². The highest BCUT2D eigenvalue weighted by molar-refractivity contribution is 5.76. The molecule has 0 N–H and O–H groups in total. The molecule has 0 atom stereocenters. The van der Waals surface area contributed by atoms with E-state index in [1.54, 1.807) is 0 Å². The van der Waals surface area contributed by atoms with Crippen LogP contribution in [0.5, 0.6) is 0 Å². The molecule has 0 radical (unpaired) electrons. The Hall–Kier alpha value is -1.18. The zero-order valence-corrected chi connectivity index (χ0v) is 9.78. The van der Waals surface area contributed by atoms with Crippen molar-refractivity contribution in [1.29, 1.82) is 0 Å². The minimum absolute atomic E-state index is 0.474. The highest BCUT2D eigenvalue weighted by Gasteiger charge is 2.26. The monoisotopic (exact) mass is 192 g/mol. The molecular formula is C12H20N2. The lowest BCUT2D eigenvalue weighted by Gasteiger charge is -2.23. The summed E-state index contributed by atoms with van der Waals surface area (Å²) in [6.45, 7) is 6.21. The van der Waals surface area contributed by atoms with Gasteiger partial charge in [0.2, 0.25) is 0 Å². The van der Waals surface area contributed by atoms with E-state index < -0.39 is 0 Å². The molecule has 0 amide bonds. The number of rotatable bonds is 0. The molecule has 0 saturated carbocycles. The summed E-state index contributed by atoms with van der Waals surface area (Å²) in [4.78, 5) is 4.57. The quantitative estimate of drug-likeness (QED) is 0.623. The fourth-order valence-corrected chi connectivity index (χ4v) is 1.72. The Morgan fingerprint density at radius 1 is 0.929 bits per heavy atom. The number of nitrogens with zero attached hydrogens (tertiary/aromatic N) is 2. The largest absolute Gasteiger partial charge is 0.353 e. The van der Waals surface area contributed by atoms with Crippen LogP contribution in [-0.4, -0.2) is 20.3 Å². The van der Waals surface area contributed by atoms with Crippen molar-refractivity contribution in [1.82, 2.24) is 0 Å². The van der Waals surface area contributed by atoms with Crippen molar-refractivity contribution in [3.05, 3.63) is 24.3 Å². The molecule has 2 nitrogen and oxygen atoms in total. The van der Waals surface area contributed by atoms with Crippen LogP contribution in [0.1, 0.15) is 20.8 Å². The molecule has 14 heavy (non-hydrogen) atoms. The van der Waals surface area contributed by atoms with E-state index in [0.29, 0.717) is 6.17 Å². The second kappa shape index (κ2) is 4.36. The molecule has 1 aromatic rings. The Morgan fingerprint density at radius 3 is 1.64 bits per heavy atom. The van der Waals surface area contributed by atoms with Gasteiger partial charge < -0.3 is 9.80 Å². The molecule has 0 fully saturated rings. The maximum Gasteiger partial charge on any atom is 0.0982 e. The summed E-state index contributed by atoms with van der Waals surface area (Å²) >= 11 is 0. The van der Waals surface area contributed by atoms with Crippen LogP contribution in [0.4, 0.5) is 11.4 Å². The molecule has 0 bridgehead atoms. The Morgan fingerprint density at radius 2 is 1.29 bits per heavy atom. The highest BCUT2D eigenvalue weighted by Crippen LogP contribution is 2.36. The summed E-state index contributed by atoms with van der Waals surface area (Å²) in [5.74, 6) is 0. The van der Waals surface area contributed by atoms with Crippen LogP contribution >= 0.6 is 0 Å². The number of benzene rings is 1. The van der Waals surface area contributed by atoms with E-state index in [-0.39, 0.29) is 0 Å². The molecule has 0 aliphatic carbocycles. The predicted molar refractivity (Wildman–Crippen MR) is 64.1 cm³/mol. The van der Waals surface area contributed by atoms with Gasteiger partial charge in [0, 0.05) is 14.1 Å². The van der Waals surface area contributed by atoms with Gasteiger partial charge in [-0.15, -0.1) is 0 Å². The van der Waals surface area contributed by atoms with E-state index in [1.165, 1.54) is 11.4 Å². The Kier molecular flexibility index (Phi) is 3.39. The molecule has 2 rings (SSSR count). The van der Waals surface area contributed by atoms with Crippen LogP contribution < -0.4 is 9.80 Å². The number of fused-ring (bicyclic) bond motifs is 1. The van der Waals surface area contributed by atoms with E-state index in [2.05, 4.69) is 55.1 Å². The normalized spacial score (nSPS) is 14.9. The summed E-state index contributed by atoms with van der Waals surface area (Å²) in [5.41, 5.74) is 2.65. The number of anilines is 2. The number of hydrogen-bond acceptors (Lipinski definition) is 2. The highest BCUT2D eigenvalue weighted by atomic mass is 15.4. The van der Waals surface area contributed by atoms with E-state index in [9.17, 15) is 0 Å². The van der Waals surface area contributed by atoms with Crippen molar-refractivity contribution in [2.75, 3.05) is 23.9 Å². The van der Waals surface area contributed by atoms with Gasteiger partial charge in [-0.1, -0.05) is 26.0 Å². The smallest absolute Gasteiger partial charge is 0.0982 e. The second-order valence-corrected chi connectivity index (χ2v) is 3.34. The van der Waals surface area contributed by atoms with Gasteiger partial charge in [-0.25, -0.2) is 0 Å². The molecule has 0 unspecified atom stereocenters. The van der Waals surface area contributed by atoms with Crippen molar-refractivity contribution >= 4 is 11.4 Å². The first kappa shape index (κ1) is 10.9. The first-order valence-corrected chi connectivity index (χ1v) is 5.26. The molecule has 1 heterocycles. The van der Waals surface area contributed by atoms with Crippen LogP contribution in [0.25, 0.3) is 0 Å². The first-order valence-electron chi connectivity index (χ1n) is 5.26. The minimum atomic E-state index is 0.474. The molecular weight excluding hydrogens is 172 g/mol. The first-order chi connectivity index (χ1) is 6.72. The fraction of sp³-hybridized carbons (Fsp3) is 0.500. The van der Waals surface area contributed by atoms with E-state index >= 15 is 0 Å². The lowest BCUT2D eigenvalue weighted by atomic mass is 10.3. The number of hydrogen-bond donors (Lipinski definition) is 0. The molecule has 1 aliphatic heterocycles. The third-order valence-corrected chi connectivity index (χ3v) is 2.76. The lowest BCUT2D eigenvalue weighted by Crippen LogP contribution is -2.35. The zero-order valence-electron chi connectivity index (χ0n) is 9.78. The molecule has 0 saturated heterocycles. The molecule has 2 heteroatoms. The van der Waals surface area contributed by atoms with Gasteiger partial charge in [-0.3, -0.25) is 0 Å². The van der Waals surface area contributed by atoms with E-state index in [0.717, 1.165) is 0 Å². The lowest BCUT2D eigenvalue weighted by molar-refractivity contribution is 0.710. The van der Waals surface area contributed by atoms with Crippen LogP contribution in [0, 0.1) is 0 Å².